The summed E-state index contributed by atoms with van der Waals surface area (Å²) >= 11 is 6.01. The highest BCUT2D eigenvalue weighted by atomic mass is 35.5. The van der Waals surface area contributed by atoms with E-state index in [9.17, 15) is 9.59 Å². The number of amides is 2. The molecule has 3 rings (SSSR count). The van der Waals surface area contributed by atoms with E-state index in [4.69, 9.17) is 17.3 Å². The van der Waals surface area contributed by atoms with E-state index in [0.29, 0.717) is 27.7 Å². The SMILES string of the molecule is Nc1ccc(Cl)c(CN2C(=O)c3ccccc3C2=O)n1. The normalized spacial score (nSPS) is 13.8. The van der Waals surface area contributed by atoms with Crippen LogP contribution in [0.25, 0.3) is 0 Å². The zero-order valence-corrected chi connectivity index (χ0v) is 11.1. The van der Waals surface area contributed by atoms with Gasteiger partial charge in [-0.2, -0.15) is 0 Å². The summed E-state index contributed by atoms with van der Waals surface area (Å²) in [7, 11) is 0. The minimum atomic E-state index is -0.342. The van der Waals surface area contributed by atoms with Gasteiger partial charge in [0.05, 0.1) is 28.4 Å². The Morgan fingerprint density at radius 2 is 1.65 bits per heavy atom. The first kappa shape index (κ1) is 12.6. The topological polar surface area (TPSA) is 76.3 Å². The van der Waals surface area contributed by atoms with Crippen molar-refractivity contribution in [2.75, 3.05) is 5.73 Å². The van der Waals surface area contributed by atoms with Crippen LogP contribution in [0.4, 0.5) is 5.82 Å². The first-order valence-electron chi connectivity index (χ1n) is 5.94. The number of nitrogens with zero attached hydrogens (tertiary/aromatic N) is 2. The van der Waals surface area contributed by atoms with Crippen LogP contribution in [0.1, 0.15) is 26.4 Å². The Balaban J connectivity index is 1.96. The van der Waals surface area contributed by atoms with Gasteiger partial charge >= 0.3 is 0 Å². The fourth-order valence-electron chi connectivity index (χ4n) is 2.14. The number of anilines is 1. The van der Waals surface area contributed by atoms with Gasteiger partial charge in [0.25, 0.3) is 11.8 Å². The van der Waals surface area contributed by atoms with Gasteiger partial charge in [0, 0.05) is 0 Å². The van der Waals surface area contributed by atoms with E-state index in [1.54, 1.807) is 36.4 Å². The number of nitrogens with two attached hydrogens (primary N) is 1. The number of imide groups is 1. The van der Waals surface area contributed by atoms with Gasteiger partial charge in [-0.15, -0.1) is 0 Å². The molecule has 100 valence electrons. The Hall–Kier alpha value is -2.40. The van der Waals surface area contributed by atoms with Crippen LogP contribution in [0.3, 0.4) is 0 Å². The second-order valence-corrected chi connectivity index (χ2v) is 4.81. The minimum Gasteiger partial charge on any atom is -0.384 e. The Kier molecular flexibility index (Phi) is 2.91. The summed E-state index contributed by atoms with van der Waals surface area (Å²) < 4.78 is 0. The highest BCUT2D eigenvalue weighted by molar-refractivity contribution is 6.31. The van der Waals surface area contributed by atoms with Crippen molar-refractivity contribution in [3.05, 3.63) is 58.2 Å². The predicted octanol–water partition coefficient (Wildman–Crippen LogP) is 2.11. The number of aromatic nitrogens is 1. The highest BCUT2D eigenvalue weighted by Crippen LogP contribution is 2.26. The zero-order chi connectivity index (χ0) is 14.3. The summed E-state index contributed by atoms with van der Waals surface area (Å²) in [6, 6.07) is 9.86. The number of fused-ring (bicyclic) bond motifs is 1. The molecule has 1 aromatic carbocycles. The average molecular weight is 288 g/mol. The van der Waals surface area contributed by atoms with E-state index in [1.807, 2.05) is 0 Å². The molecule has 1 aliphatic rings. The number of pyridine rings is 1. The first-order chi connectivity index (χ1) is 9.58. The number of carbonyl (C=O) groups is 2. The number of halogens is 1. The molecule has 2 aromatic rings. The van der Waals surface area contributed by atoms with Crippen LogP contribution in [0.15, 0.2) is 36.4 Å². The monoisotopic (exact) mass is 287 g/mol. The van der Waals surface area contributed by atoms with Crippen LogP contribution in [-0.2, 0) is 6.54 Å². The van der Waals surface area contributed by atoms with E-state index < -0.39 is 0 Å². The predicted molar refractivity (Wildman–Crippen MR) is 74.3 cm³/mol. The van der Waals surface area contributed by atoms with Crippen molar-refractivity contribution in [2.24, 2.45) is 0 Å². The molecular weight excluding hydrogens is 278 g/mol. The highest BCUT2D eigenvalue weighted by Gasteiger charge is 2.35. The van der Waals surface area contributed by atoms with Crippen LogP contribution < -0.4 is 5.73 Å². The quantitative estimate of drug-likeness (QED) is 0.858. The number of nitrogen functional groups attached to an aromatic ring is 1. The lowest BCUT2D eigenvalue weighted by atomic mass is 10.1. The molecule has 1 aromatic heterocycles. The number of hydrogen-bond acceptors (Lipinski definition) is 4. The summed E-state index contributed by atoms with van der Waals surface area (Å²) in [6.07, 6.45) is 0. The molecule has 2 heterocycles. The maximum Gasteiger partial charge on any atom is 0.261 e. The van der Waals surface area contributed by atoms with Gasteiger partial charge in [0.1, 0.15) is 5.82 Å². The number of carbonyl (C=O) groups excluding carboxylic acids is 2. The molecule has 2 N–H and O–H groups in total. The third kappa shape index (κ3) is 1.92. The Morgan fingerprint density at radius 3 is 2.25 bits per heavy atom. The molecule has 0 radical (unpaired) electrons. The molecule has 0 unspecified atom stereocenters. The molecule has 0 fully saturated rings. The molecule has 1 aliphatic heterocycles. The number of benzene rings is 1. The standard InChI is InChI=1S/C14H10ClN3O2/c15-10-5-6-12(16)17-11(10)7-18-13(19)8-3-1-2-4-9(8)14(18)20/h1-6H,7H2,(H2,16,17). The van der Waals surface area contributed by atoms with Gasteiger partial charge in [-0.25, -0.2) is 4.98 Å². The van der Waals surface area contributed by atoms with Crippen molar-refractivity contribution in [3.63, 3.8) is 0 Å². The average Bonchev–Trinajstić information content (AvgIpc) is 2.68. The number of rotatable bonds is 2. The van der Waals surface area contributed by atoms with Crippen molar-refractivity contribution in [2.45, 2.75) is 6.54 Å². The van der Waals surface area contributed by atoms with E-state index >= 15 is 0 Å². The van der Waals surface area contributed by atoms with Crippen LogP contribution in [-0.4, -0.2) is 21.7 Å². The van der Waals surface area contributed by atoms with Gasteiger partial charge in [0.15, 0.2) is 0 Å². The van der Waals surface area contributed by atoms with Crippen LogP contribution in [0, 0.1) is 0 Å². The molecule has 0 saturated carbocycles. The summed E-state index contributed by atoms with van der Waals surface area (Å²) in [6.45, 7) is 0.0101. The molecule has 0 aliphatic carbocycles. The smallest absolute Gasteiger partial charge is 0.261 e. The van der Waals surface area contributed by atoms with Crippen molar-refractivity contribution >= 4 is 29.2 Å². The van der Waals surface area contributed by atoms with Gasteiger partial charge in [0.2, 0.25) is 0 Å². The van der Waals surface area contributed by atoms with Gasteiger partial charge in [-0.3, -0.25) is 14.5 Å². The summed E-state index contributed by atoms with van der Waals surface area (Å²) in [5.74, 6) is -0.391. The lowest BCUT2D eigenvalue weighted by Crippen LogP contribution is -2.29. The fraction of sp³-hybridized carbons (Fsp3) is 0.0714. The molecule has 5 nitrogen and oxygen atoms in total. The van der Waals surface area contributed by atoms with E-state index in [2.05, 4.69) is 4.98 Å². The molecular formula is C14H10ClN3O2. The molecule has 2 amide bonds. The zero-order valence-electron chi connectivity index (χ0n) is 10.3. The summed E-state index contributed by atoms with van der Waals surface area (Å²) in [5, 5.41) is 0.371. The van der Waals surface area contributed by atoms with Crippen molar-refractivity contribution in [3.8, 4) is 0 Å². The second kappa shape index (κ2) is 4.61. The lowest BCUT2D eigenvalue weighted by molar-refractivity contribution is 0.0640. The van der Waals surface area contributed by atoms with E-state index in [-0.39, 0.29) is 18.4 Å². The summed E-state index contributed by atoms with van der Waals surface area (Å²) in [4.78, 5) is 29.6. The van der Waals surface area contributed by atoms with Crippen molar-refractivity contribution in [1.29, 1.82) is 0 Å². The van der Waals surface area contributed by atoms with Gasteiger partial charge in [-0.05, 0) is 24.3 Å². The van der Waals surface area contributed by atoms with E-state index in [0.717, 1.165) is 4.90 Å². The largest absolute Gasteiger partial charge is 0.384 e. The molecule has 0 bridgehead atoms. The Morgan fingerprint density at radius 1 is 1.05 bits per heavy atom. The third-order valence-electron chi connectivity index (χ3n) is 3.13. The summed E-state index contributed by atoms with van der Waals surface area (Å²) in [5.41, 5.74) is 6.80. The molecule has 6 heteroatoms. The van der Waals surface area contributed by atoms with Crippen LogP contribution in [0.2, 0.25) is 5.02 Å². The van der Waals surface area contributed by atoms with Crippen molar-refractivity contribution in [1.82, 2.24) is 9.88 Å². The maximum absolute atomic E-state index is 12.2. The third-order valence-corrected chi connectivity index (χ3v) is 3.47. The molecule has 20 heavy (non-hydrogen) atoms. The van der Waals surface area contributed by atoms with Gasteiger partial charge in [-0.1, -0.05) is 23.7 Å². The number of hydrogen-bond donors (Lipinski definition) is 1. The van der Waals surface area contributed by atoms with Crippen LogP contribution >= 0.6 is 11.6 Å². The second-order valence-electron chi connectivity index (χ2n) is 4.41. The van der Waals surface area contributed by atoms with Crippen LogP contribution in [0.5, 0.6) is 0 Å². The molecule has 0 atom stereocenters. The Labute approximate surface area is 120 Å². The lowest BCUT2D eigenvalue weighted by Gasteiger charge is -2.14. The van der Waals surface area contributed by atoms with E-state index in [1.165, 1.54) is 0 Å². The molecule has 0 saturated heterocycles. The Bertz CT molecular complexity index is 695. The molecule has 0 spiro atoms. The maximum atomic E-state index is 12.2. The first-order valence-corrected chi connectivity index (χ1v) is 6.32. The fourth-order valence-corrected chi connectivity index (χ4v) is 2.31. The van der Waals surface area contributed by atoms with Gasteiger partial charge < -0.3 is 5.73 Å². The minimum absolute atomic E-state index is 0.0101. The van der Waals surface area contributed by atoms with Crippen molar-refractivity contribution < 1.29 is 9.59 Å².